The standard InChI is InChI=1S/C17H22BrN3/c1-20-9-5-7-15(12-20)21(2)17-14(11-18)10-13-6-3-4-8-16(13)19-17/h3-4,6,8,10,15H,5,7,9,11-12H2,1-2H3. The molecule has 0 saturated carbocycles. The molecule has 2 aromatic rings. The van der Waals surface area contributed by atoms with E-state index >= 15 is 0 Å². The highest BCUT2D eigenvalue weighted by Crippen LogP contribution is 2.28. The summed E-state index contributed by atoms with van der Waals surface area (Å²) in [5.74, 6) is 1.12. The van der Waals surface area contributed by atoms with Gasteiger partial charge in [0.15, 0.2) is 0 Å². The predicted molar refractivity (Wildman–Crippen MR) is 93.3 cm³/mol. The van der Waals surface area contributed by atoms with Crippen molar-refractivity contribution < 1.29 is 0 Å². The van der Waals surface area contributed by atoms with E-state index in [0.717, 1.165) is 23.2 Å². The molecule has 1 aliphatic rings. The van der Waals surface area contributed by atoms with Gasteiger partial charge in [0, 0.05) is 35.9 Å². The topological polar surface area (TPSA) is 19.4 Å². The molecule has 1 saturated heterocycles. The summed E-state index contributed by atoms with van der Waals surface area (Å²) in [6, 6.07) is 11.2. The number of nitrogens with zero attached hydrogens (tertiary/aromatic N) is 3. The Kier molecular flexibility index (Phi) is 4.45. The molecule has 21 heavy (non-hydrogen) atoms. The van der Waals surface area contributed by atoms with Crippen LogP contribution >= 0.6 is 15.9 Å². The number of likely N-dealkylation sites (tertiary alicyclic amines) is 1. The summed E-state index contributed by atoms with van der Waals surface area (Å²) in [7, 11) is 4.40. The number of fused-ring (bicyclic) bond motifs is 1. The summed E-state index contributed by atoms with van der Waals surface area (Å²) in [6.07, 6.45) is 2.51. The van der Waals surface area contributed by atoms with Crippen LogP contribution in [0.5, 0.6) is 0 Å². The number of anilines is 1. The zero-order valence-electron chi connectivity index (χ0n) is 12.7. The van der Waals surface area contributed by atoms with E-state index < -0.39 is 0 Å². The minimum Gasteiger partial charge on any atom is -0.355 e. The molecule has 3 rings (SSSR count). The zero-order valence-corrected chi connectivity index (χ0v) is 14.3. The summed E-state index contributed by atoms with van der Waals surface area (Å²) in [6.45, 7) is 2.33. The number of hydrogen-bond donors (Lipinski definition) is 0. The molecular weight excluding hydrogens is 326 g/mol. The molecule has 0 amide bonds. The maximum absolute atomic E-state index is 4.92. The fourth-order valence-electron chi connectivity index (χ4n) is 3.18. The Balaban J connectivity index is 1.97. The average Bonchev–Trinajstić information content (AvgIpc) is 2.53. The van der Waals surface area contributed by atoms with Crippen molar-refractivity contribution in [2.24, 2.45) is 0 Å². The molecule has 112 valence electrons. The minimum atomic E-state index is 0.551. The maximum atomic E-state index is 4.92. The molecule has 1 atom stereocenters. The van der Waals surface area contributed by atoms with Crippen molar-refractivity contribution in [2.75, 3.05) is 32.1 Å². The molecule has 3 nitrogen and oxygen atoms in total. The van der Waals surface area contributed by atoms with Crippen LogP contribution in [0, 0.1) is 0 Å². The first kappa shape index (κ1) is 14.8. The number of piperidine rings is 1. The Bertz CT molecular complexity index is 628. The third-order valence-corrected chi connectivity index (χ3v) is 5.01. The number of benzene rings is 1. The van der Waals surface area contributed by atoms with Crippen LogP contribution in [-0.4, -0.2) is 43.1 Å². The highest BCUT2D eigenvalue weighted by atomic mass is 79.9. The fraction of sp³-hybridized carbons (Fsp3) is 0.471. The van der Waals surface area contributed by atoms with Gasteiger partial charge in [0.1, 0.15) is 5.82 Å². The highest BCUT2D eigenvalue weighted by molar-refractivity contribution is 9.08. The number of rotatable bonds is 3. The van der Waals surface area contributed by atoms with Crippen molar-refractivity contribution in [3.8, 4) is 0 Å². The summed E-state index contributed by atoms with van der Waals surface area (Å²) in [5.41, 5.74) is 2.35. The second kappa shape index (κ2) is 6.32. The summed E-state index contributed by atoms with van der Waals surface area (Å²) < 4.78 is 0. The quantitative estimate of drug-likeness (QED) is 0.789. The van der Waals surface area contributed by atoms with Crippen LogP contribution in [0.4, 0.5) is 5.82 Å². The molecule has 0 bridgehead atoms. The summed E-state index contributed by atoms with van der Waals surface area (Å²) >= 11 is 3.62. The number of halogens is 1. The predicted octanol–water partition coefficient (Wildman–Crippen LogP) is 3.66. The van der Waals surface area contributed by atoms with Crippen LogP contribution < -0.4 is 4.90 Å². The first-order chi connectivity index (χ1) is 10.2. The first-order valence-corrected chi connectivity index (χ1v) is 8.67. The number of alkyl halides is 1. The van der Waals surface area contributed by atoms with Gasteiger partial charge >= 0.3 is 0 Å². The molecule has 2 heterocycles. The van der Waals surface area contributed by atoms with Crippen molar-refractivity contribution in [3.63, 3.8) is 0 Å². The third-order valence-electron chi connectivity index (χ3n) is 4.41. The Labute approximate surface area is 135 Å². The van der Waals surface area contributed by atoms with Gasteiger partial charge in [-0.05, 0) is 38.6 Å². The van der Waals surface area contributed by atoms with E-state index in [2.05, 4.69) is 70.2 Å². The fourth-order valence-corrected chi connectivity index (χ4v) is 3.59. The molecule has 1 aliphatic heterocycles. The van der Waals surface area contributed by atoms with Crippen molar-refractivity contribution in [3.05, 3.63) is 35.9 Å². The lowest BCUT2D eigenvalue weighted by atomic mass is 10.0. The lowest BCUT2D eigenvalue weighted by molar-refractivity contribution is 0.247. The number of aromatic nitrogens is 1. The van der Waals surface area contributed by atoms with Gasteiger partial charge in [-0.2, -0.15) is 0 Å². The summed E-state index contributed by atoms with van der Waals surface area (Å²) in [4.78, 5) is 9.71. The Hall–Kier alpha value is -1.13. The molecule has 0 N–H and O–H groups in total. The molecule has 1 fully saturated rings. The number of pyridine rings is 1. The van der Waals surface area contributed by atoms with Crippen LogP contribution in [0.2, 0.25) is 0 Å². The lowest BCUT2D eigenvalue weighted by Gasteiger charge is -2.37. The smallest absolute Gasteiger partial charge is 0.133 e. The Morgan fingerprint density at radius 1 is 1.38 bits per heavy atom. The van der Waals surface area contributed by atoms with E-state index in [1.54, 1.807) is 0 Å². The Morgan fingerprint density at radius 2 is 2.19 bits per heavy atom. The number of likely N-dealkylation sites (N-methyl/N-ethyl adjacent to an activating group) is 2. The van der Waals surface area contributed by atoms with E-state index in [-0.39, 0.29) is 0 Å². The summed E-state index contributed by atoms with van der Waals surface area (Å²) in [5, 5.41) is 2.05. The molecule has 1 aromatic heterocycles. The van der Waals surface area contributed by atoms with E-state index in [1.165, 1.54) is 30.3 Å². The van der Waals surface area contributed by atoms with Crippen LogP contribution in [0.25, 0.3) is 10.9 Å². The molecule has 0 spiro atoms. The van der Waals surface area contributed by atoms with Gasteiger partial charge in [-0.3, -0.25) is 0 Å². The molecular formula is C17H22BrN3. The molecule has 0 aliphatic carbocycles. The van der Waals surface area contributed by atoms with Gasteiger partial charge in [0.25, 0.3) is 0 Å². The van der Waals surface area contributed by atoms with Crippen LogP contribution in [-0.2, 0) is 5.33 Å². The minimum absolute atomic E-state index is 0.551. The zero-order chi connectivity index (χ0) is 14.8. The second-order valence-electron chi connectivity index (χ2n) is 5.97. The van der Waals surface area contributed by atoms with Crippen molar-refractivity contribution in [1.82, 2.24) is 9.88 Å². The van der Waals surface area contributed by atoms with Crippen LogP contribution in [0.15, 0.2) is 30.3 Å². The van der Waals surface area contributed by atoms with Gasteiger partial charge < -0.3 is 9.80 Å². The van der Waals surface area contributed by atoms with Crippen molar-refractivity contribution in [1.29, 1.82) is 0 Å². The van der Waals surface area contributed by atoms with Gasteiger partial charge in [-0.1, -0.05) is 34.1 Å². The third kappa shape index (κ3) is 3.06. The van der Waals surface area contributed by atoms with E-state index in [4.69, 9.17) is 4.98 Å². The lowest BCUT2D eigenvalue weighted by Crippen LogP contribution is -2.45. The van der Waals surface area contributed by atoms with Gasteiger partial charge in [0.05, 0.1) is 5.52 Å². The van der Waals surface area contributed by atoms with Gasteiger partial charge in [-0.15, -0.1) is 0 Å². The van der Waals surface area contributed by atoms with E-state index in [1.807, 2.05) is 0 Å². The van der Waals surface area contributed by atoms with Crippen molar-refractivity contribution >= 4 is 32.7 Å². The van der Waals surface area contributed by atoms with Crippen molar-refractivity contribution in [2.45, 2.75) is 24.2 Å². The normalized spacial score (nSPS) is 19.9. The monoisotopic (exact) mass is 347 g/mol. The SMILES string of the molecule is CN1CCCC(N(C)c2nc3ccccc3cc2CBr)C1. The number of hydrogen-bond acceptors (Lipinski definition) is 3. The molecule has 1 aromatic carbocycles. The molecule has 4 heteroatoms. The first-order valence-electron chi connectivity index (χ1n) is 7.55. The van der Waals surface area contributed by atoms with Crippen LogP contribution in [0.1, 0.15) is 18.4 Å². The molecule has 0 radical (unpaired) electrons. The number of para-hydroxylation sites is 1. The average molecular weight is 348 g/mol. The van der Waals surface area contributed by atoms with E-state index in [0.29, 0.717) is 6.04 Å². The highest BCUT2D eigenvalue weighted by Gasteiger charge is 2.23. The maximum Gasteiger partial charge on any atom is 0.133 e. The second-order valence-corrected chi connectivity index (χ2v) is 6.53. The Morgan fingerprint density at radius 3 is 2.95 bits per heavy atom. The molecule has 1 unspecified atom stereocenters. The van der Waals surface area contributed by atoms with Crippen LogP contribution in [0.3, 0.4) is 0 Å². The van der Waals surface area contributed by atoms with E-state index in [9.17, 15) is 0 Å². The van der Waals surface area contributed by atoms with Gasteiger partial charge in [-0.25, -0.2) is 4.98 Å². The van der Waals surface area contributed by atoms with Gasteiger partial charge in [0.2, 0.25) is 0 Å². The largest absolute Gasteiger partial charge is 0.355 e.